The molecule has 21 heavy (non-hydrogen) atoms. The Morgan fingerprint density at radius 3 is 2.62 bits per heavy atom. The van der Waals surface area contributed by atoms with E-state index < -0.39 is 5.82 Å². The number of nitrogens with one attached hydrogen (secondary N) is 1. The Morgan fingerprint density at radius 1 is 1.38 bits per heavy atom. The summed E-state index contributed by atoms with van der Waals surface area (Å²) >= 11 is 0. The van der Waals surface area contributed by atoms with E-state index in [0.29, 0.717) is 0 Å². The molecule has 0 spiro atoms. The molecule has 0 heterocycles. The Kier molecular flexibility index (Phi) is 5.17. The van der Waals surface area contributed by atoms with Crippen molar-refractivity contribution < 1.29 is 9.18 Å². The van der Waals surface area contributed by atoms with E-state index in [1.54, 1.807) is 18.0 Å². The Bertz CT molecular complexity index is 498. The van der Waals surface area contributed by atoms with Crippen molar-refractivity contribution in [2.75, 3.05) is 12.5 Å². The van der Waals surface area contributed by atoms with Crippen molar-refractivity contribution in [1.82, 2.24) is 4.90 Å². The lowest BCUT2D eigenvalue weighted by Crippen LogP contribution is -2.39. The average molecular weight is 293 g/mol. The fourth-order valence-corrected chi connectivity index (χ4v) is 3.15. The van der Waals surface area contributed by atoms with Crippen LogP contribution in [0.2, 0.25) is 0 Å². The van der Waals surface area contributed by atoms with Gasteiger partial charge in [-0.1, -0.05) is 19.4 Å². The van der Waals surface area contributed by atoms with Gasteiger partial charge in [0, 0.05) is 13.1 Å². The molecule has 1 amide bonds. The number of rotatable bonds is 4. The third-order valence-electron chi connectivity index (χ3n) is 4.65. The summed E-state index contributed by atoms with van der Waals surface area (Å²) in [5.41, 5.74) is 2.65. The van der Waals surface area contributed by atoms with Crippen LogP contribution in [-0.4, -0.2) is 23.9 Å². The highest BCUT2D eigenvalue weighted by Gasteiger charge is 2.27. The maximum Gasteiger partial charge on any atom is 0.256 e. The molecule has 1 aromatic carbocycles. The Balaban J connectivity index is 2.11. The second kappa shape index (κ2) is 6.89. The molecule has 0 unspecified atom stereocenters. The first-order chi connectivity index (χ1) is 10.1. The number of amides is 1. The van der Waals surface area contributed by atoms with Crippen LogP contribution >= 0.6 is 0 Å². The second-order valence-corrected chi connectivity index (χ2v) is 5.81. The van der Waals surface area contributed by atoms with E-state index in [2.05, 4.69) is 12.3 Å². The molecule has 1 aliphatic carbocycles. The number of hydrazine groups is 1. The molecular formula is C16H24FN3O. The van der Waals surface area contributed by atoms with Gasteiger partial charge in [0.1, 0.15) is 5.82 Å². The van der Waals surface area contributed by atoms with Gasteiger partial charge in [0.2, 0.25) is 0 Å². The number of nitrogen functional groups attached to an aromatic ring is 1. The highest BCUT2D eigenvalue weighted by Crippen LogP contribution is 2.30. The van der Waals surface area contributed by atoms with Gasteiger partial charge in [-0.25, -0.2) is 4.39 Å². The first-order valence-corrected chi connectivity index (χ1v) is 7.60. The molecular weight excluding hydrogens is 269 g/mol. The number of benzene rings is 1. The standard InChI is InChI=1S/C16H24FN3O/c1-3-11-7-9-12(10-8-11)20(2)16(21)13-5-4-6-14(17)15(13)19-18/h4-6,11-12,19H,3,7-10,18H2,1-2H3. The largest absolute Gasteiger partial charge is 0.339 e. The predicted molar refractivity (Wildman–Crippen MR) is 82.3 cm³/mol. The van der Waals surface area contributed by atoms with Crippen LogP contribution in [0.3, 0.4) is 0 Å². The van der Waals surface area contributed by atoms with Gasteiger partial charge in [-0.2, -0.15) is 0 Å². The normalized spacial score (nSPS) is 21.9. The van der Waals surface area contributed by atoms with E-state index in [1.165, 1.54) is 18.6 Å². The zero-order valence-corrected chi connectivity index (χ0v) is 12.7. The number of carbonyl (C=O) groups excluding carboxylic acids is 1. The van der Waals surface area contributed by atoms with Gasteiger partial charge in [0.15, 0.2) is 0 Å². The lowest BCUT2D eigenvalue weighted by Gasteiger charge is -2.34. The summed E-state index contributed by atoms with van der Waals surface area (Å²) in [6, 6.07) is 4.66. The predicted octanol–water partition coefficient (Wildman–Crippen LogP) is 3.15. The number of hydrogen-bond donors (Lipinski definition) is 2. The second-order valence-electron chi connectivity index (χ2n) is 5.81. The number of hydrogen-bond acceptors (Lipinski definition) is 3. The summed E-state index contributed by atoms with van der Waals surface area (Å²) in [4.78, 5) is 14.3. The van der Waals surface area contributed by atoms with Gasteiger partial charge < -0.3 is 10.3 Å². The van der Waals surface area contributed by atoms with E-state index >= 15 is 0 Å². The van der Waals surface area contributed by atoms with Crippen LogP contribution in [0.15, 0.2) is 18.2 Å². The third kappa shape index (κ3) is 3.35. The Hall–Kier alpha value is -1.62. The third-order valence-corrected chi connectivity index (χ3v) is 4.65. The molecule has 0 aliphatic heterocycles. The number of halogens is 1. The average Bonchev–Trinajstić information content (AvgIpc) is 2.53. The molecule has 4 nitrogen and oxygen atoms in total. The SMILES string of the molecule is CCC1CCC(N(C)C(=O)c2cccc(F)c2NN)CC1. The first kappa shape index (κ1) is 15.8. The van der Waals surface area contributed by atoms with Crippen molar-refractivity contribution in [2.24, 2.45) is 11.8 Å². The fourth-order valence-electron chi connectivity index (χ4n) is 3.15. The quantitative estimate of drug-likeness (QED) is 0.662. The summed E-state index contributed by atoms with van der Waals surface area (Å²) in [6.45, 7) is 2.21. The van der Waals surface area contributed by atoms with Crippen molar-refractivity contribution in [1.29, 1.82) is 0 Å². The van der Waals surface area contributed by atoms with Gasteiger partial charge in [0.05, 0.1) is 11.3 Å². The molecule has 0 atom stereocenters. The van der Waals surface area contributed by atoms with E-state index in [4.69, 9.17) is 5.84 Å². The molecule has 5 heteroatoms. The molecule has 2 rings (SSSR count). The Morgan fingerprint density at radius 2 is 2.05 bits per heavy atom. The smallest absolute Gasteiger partial charge is 0.256 e. The van der Waals surface area contributed by atoms with Crippen LogP contribution < -0.4 is 11.3 Å². The van der Waals surface area contributed by atoms with E-state index in [0.717, 1.165) is 31.6 Å². The van der Waals surface area contributed by atoms with E-state index in [9.17, 15) is 9.18 Å². The minimum Gasteiger partial charge on any atom is -0.339 e. The lowest BCUT2D eigenvalue weighted by atomic mass is 9.84. The summed E-state index contributed by atoms with van der Waals surface area (Å²) in [5.74, 6) is 5.44. The molecule has 0 aromatic heterocycles. The van der Waals surface area contributed by atoms with Crippen LogP contribution in [-0.2, 0) is 0 Å². The number of nitrogens with zero attached hydrogens (tertiary/aromatic N) is 1. The molecule has 0 radical (unpaired) electrons. The molecule has 1 aromatic rings. The van der Waals surface area contributed by atoms with Gasteiger partial charge in [-0.15, -0.1) is 0 Å². The number of nitrogens with two attached hydrogens (primary N) is 1. The molecule has 1 fully saturated rings. The molecule has 1 saturated carbocycles. The highest BCUT2D eigenvalue weighted by atomic mass is 19.1. The van der Waals surface area contributed by atoms with Gasteiger partial charge in [-0.3, -0.25) is 10.6 Å². The van der Waals surface area contributed by atoms with Gasteiger partial charge in [-0.05, 0) is 43.7 Å². The molecule has 0 saturated heterocycles. The number of para-hydroxylation sites is 1. The van der Waals surface area contributed by atoms with Crippen molar-refractivity contribution in [2.45, 2.75) is 45.1 Å². The maximum absolute atomic E-state index is 13.7. The van der Waals surface area contributed by atoms with Crippen LogP contribution in [0.4, 0.5) is 10.1 Å². The van der Waals surface area contributed by atoms with Crippen LogP contribution in [0, 0.1) is 11.7 Å². The van der Waals surface area contributed by atoms with Gasteiger partial charge in [0.25, 0.3) is 5.91 Å². The summed E-state index contributed by atoms with van der Waals surface area (Å²) in [5, 5.41) is 0. The Labute approximate surface area is 125 Å². The van der Waals surface area contributed by atoms with E-state index in [-0.39, 0.29) is 23.2 Å². The lowest BCUT2D eigenvalue weighted by molar-refractivity contribution is 0.0675. The van der Waals surface area contributed by atoms with Crippen molar-refractivity contribution in [3.05, 3.63) is 29.6 Å². The van der Waals surface area contributed by atoms with Gasteiger partial charge >= 0.3 is 0 Å². The molecule has 3 N–H and O–H groups in total. The van der Waals surface area contributed by atoms with Crippen LogP contribution in [0.25, 0.3) is 0 Å². The summed E-state index contributed by atoms with van der Waals surface area (Å²) < 4.78 is 13.7. The summed E-state index contributed by atoms with van der Waals surface area (Å²) in [6.07, 6.45) is 5.55. The monoisotopic (exact) mass is 293 g/mol. The van der Waals surface area contributed by atoms with Crippen LogP contribution in [0.1, 0.15) is 49.4 Å². The summed E-state index contributed by atoms with van der Waals surface area (Å²) in [7, 11) is 1.80. The molecule has 116 valence electrons. The highest BCUT2D eigenvalue weighted by molar-refractivity contribution is 5.99. The minimum atomic E-state index is -0.508. The molecule has 0 bridgehead atoms. The maximum atomic E-state index is 13.7. The molecule has 1 aliphatic rings. The van der Waals surface area contributed by atoms with Crippen molar-refractivity contribution >= 4 is 11.6 Å². The topological polar surface area (TPSA) is 58.4 Å². The first-order valence-electron chi connectivity index (χ1n) is 7.60. The minimum absolute atomic E-state index is 0.0663. The number of carbonyl (C=O) groups is 1. The zero-order chi connectivity index (χ0) is 15.4. The van der Waals surface area contributed by atoms with Crippen LogP contribution in [0.5, 0.6) is 0 Å². The van der Waals surface area contributed by atoms with E-state index in [1.807, 2.05) is 0 Å². The van der Waals surface area contributed by atoms with Crippen molar-refractivity contribution in [3.63, 3.8) is 0 Å². The van der Waals surface area contributed by atoms with Crippen molar-refractivity contribution in [3.8, 4) is 0 Å². The fraction of sp³-hybridized carbons (Fsp3) is 0.562. The number of anilines is 1. The zero-order valence-electron chi connectivity index (χ0n) is 12.7.